The Kier molecular flexibility index (Phi) is 4.94. The van der Waals surface area contributed by atoms with Gasteiger partial charge >= 0.3 is 0 Å². The van der Waals surface area contributed by atoms with Gasteiger partial charge in [0.25, 0.3) is 0 Å². The highest BCUT2D eigenvalue weighted by Gasteiger charge is 2.39. The molecule has 0 bridgehead atoms. The van der Waals surface area contributed by atoms with Crippen LogP contribution in [-0.2, 0) is 14.6 Å². The summed E-state index contributed by atoms with van der Waals surface area (Å²) in [5, 5.41) is 11.6. The first kappa shape index (κ1) is 15.4. The summed E-state index contributed by atoms with van der Waals surface area (Å²) in [6.07, 6.45) is 1.02. The summed E-state index contributed by atoms with van der Waals surface area (Å²) in [6, 6.07) is -0.423. The van der Waals surface area contributed by atoms with Crippen LogP contribution >= 0.6 is 0 Å². The van der Waals surface area contributed by atoms with Crippen LogP contribution in [0.4, 0.5) is 0 Å². The molecule has 1 amide bonds. The number of rotatable bonds is 5. The van der Waals surface area contributed by atoms with Crippen LogP contribution in [0.1, 0.15) is 27.7 Å². The number of sulfone groups is 1. The molecule has 0 aromatic carbocycles. The van der Waals surface area contributed by atoms with Gasteiger partial charge in [0, 0.05) is 6.26 Å². The van der Waals surface area contributed by atoms with Crippen molar-refractivity contribution >= 4 is 15.7 Å². The molecule has 0 fully saturated rings. The van der Waals surface area contributed by atoms with Gasteiger partial charge < -0.3 is 10.4 Å². The summed E-state index contributed by atoms with van der Waals surface area (Å²) in [6.45, 7) is 6.19. The number of carbonyl (C=O) groups is 1. The number of amides is 1. The van der Waals surface area contributed by atoms with E-state index in [1.165, 1.54) is 13.8 Å². The Morgan fingerprint density at radius 2 is 1.81 bits per heavy atom. The van der Waals surface area contributed by atoms with Crippen molar-refractivity contribution in [1.82, 2.24) is 5.32 Å². The molecule has 1 atom stereocenters. The molecule has 0 spiro atoms. The van der Waals surface area contributed by atoms with Crippen LogP contribution < -0.4 is 5.32 Å². The normalized spacial score (nSPS) is 14.9. The second kappa shape index (κ2) is 5.14. The molecule has 0 radical (unpaired) electrons. The molecule has 2 N–H and O–H groups in total. The molecule has 1 unspecified atom stereocenters. The van der Waals surface area contributed by atoms with Gasteiger partial charge in [-0.3, -0.25) is 4.79 Å². The van der Waals surface area contributed by atoms with Gasteiger partial charge in [0.05, 0.1) is 12.6 Å². The predicted molar refractivity (Wildman–Crippen MR) is 62.8 cm³/mol. The van der Waals surface area contributed by atoms with Crippen molar-refractivity contribution in [3.8, 4) is 0 Å². The van der Waals surface area contributed by atoms with Crippen molar-refractivity contribution in [2.24, 2.45) is 5.92 Å². The highest BCUT2D eigenvalue weighted by Crippen LogP contribution is 2.16. The fraction of sp³-hybridized carbons (Fsp3) is 0.900. The van der Waals surface area contributed by atoms with Crippen LogP contribution in [-0.4, -0.2) is 43.1 Å². The first-order valence-electron chi connectivity index (χ1n) is 5.15. The summed E-state index contributed by atoms with van der Waals surface area (Å²) < 4.78 is 21.3. The zero-order valence-electron chi connectivity index (χ0n) is 10.4. The summed E-state index contributed by atoms with van der Waals surface area (Å²) in [5.74, 6) is -0.535. The van der Waals surface area contributed by atoms with Crippen LogP contribution in [0.3, 0.4) is 0 Å². The lowest BCUT2D eigenvalue weighted by Gasteiger charge is -2.26. The van der Waals surface area contributed by atoms with Crippen LogP contribution in [0.25, 0.3) is 0 Å². The SMILES string of the molecule is CC(C)C(CO)NC(=O)C(C)(C)S(C)(=O)=O. The molecule has 0 aromatic rings. The Bertz CT molecular complexity index is 346. The van der Waals surface area contributed by atoms with Gasteiger partial charge in [-0.1, -0.05) is 13.8 Å². The Hall–Kier alpha value is -0.620. The van der Waals surface area contributed by atoms with E-state index < -0.39 is 26.5 Å². The van der Waals surface area contributed by atoms with Gasteiger partial charge in [-0.15, -0.1) is 0 Å². The number of hydrogen-bond donors (Lipinski definition) is 2. The van der Waals surface area contributed by atoms with E-state index >= 15 is 0 Å². The third-order valence-corrected chi connectivity index (χ3v) is 4.83. The van der Waals surface area contributed by atoms with E-state index in [2.05, 4.69) is 5.32 Å². The fourth-order valence-electron chi connectivity index (χ4n) is 0.934. The highest BCUT2D eigenvalue weighted by atomic mass is 32.2. The van der Waals surface area contributed by atoms with Gasteiger partial charge in [-0.25, -0.2) is 8.42 Å². The molecule has 96 valence electrons. The smallest absolute Gasteiger partial charge is 0.241 e. The third-order valence-electron chi connectivity index (χ3n) is 2.79. The number of nitrogens with one attached hydrogen (secondary N) is 1. The molecular weight excluding hydrogens is 230 g/mol. The van der Waals surface area contributed by atoms with E-state index in [1.807, 2.05) is 13.8 Å². The van der Waals surface area contributed by atoms with Crippen molar-refractivity contribution in [1.29, 1.82) is 0 Å². The van der Waals surface area contributed by atoms with Gasteiger partial charge in [-0.05, 0) is 19.8 Å². The lowest BCUT2D eigenvalue weighted by molar-refractivity contribution is -0.124. The fourth-order valence-corrected chi connectivity index (χ4v) is 1.33. The second-order valence-corrected chi connectivity index (χ2v) is 7.35. The van der Waals surface area contributed by atoms with Gasteiger partial charge in [0.1, 0.15) is 4.75 Å². The molecule has 16 heavy (non-hydrogen) atoms. The lowest BCUT2D eigenvalue weighted by atomic mass is 10.0. The van der Waals surface area contributed by atoms with Crippen LogP contribution in [0.2, 0.25) is 0 Å². The minimum absolute atomic E-state index is 0.0457. The molecule has 5 nitrogen and oxygen atoms in total. The van der Waals surface area contributed by atoms with Crippen molar-refractivity contribution in [3.63, 3.8) is 0 Å². The average molecular weight is 251 g/mol. The molecule has 0 aromatic heterocycles. The minimum Gasteiger partial charge on any atom is -0.394 e. The maximum Gasteiger partial charge on any atom is 0.241 e. The Morgan fingerprint density at radius 1 is 1.38 bits per heavy atom. The van der Waals surface area contributed by atoms with Gasteiger partial charge in [-0.2, -0.15) is 0 Å². The van der Waals surface area contributed by atoms with Gasteiger partial charge in [0.15, 0.2) is 9.84 Å². The summed E-state index contributed by atoms with van der Waals surface area (Å²) >= 11 is 0. The number of aliphatic hydroxyl groups excluding tert-OH is 1. The molecule has 0 saturated heterocycles. The van der Waals surface area contributed by atoms with E-state index in [1.54, 1.807) is 0 Å². The van der Waals surface area contributed by atoms with Crippen molar-refractivity contribution in [3.05, 3.63) is 0 Å². The number of aliphatic hydroxyl groups is 1. The topological polar surface area (TPSA) is 83.5 Å². The van der Waals surface area contributed by atoms with Crippen molar-refractivity contribution in [2.75, 3.05) is 12.9 Å². The molecule has 0 aliphatic rings. The molecule has 0 aliphatic heterocycles. The molecule has 0 aliphatic carbocycles. The van der Waals surface area contributed by atoms with Crippen molar-refractivity contribution < 1.29 is 18.3 Å². The lowest BCUT2D eigenvalue weighted by Crippen LogP contribution is -2.53. The van der Waals surface area contributed by atoms with Crippen LogP contribution in [0, 0.1) is 5.92 Å². The molecule has 0 saturated carbocycles. The molecular formula is C10H21NO4S. The summed E-state index contributed by atoms with van der Waals surface area (Å²) in [5.41, 5.74) is 0. The maximum atomic E-state index is 11.8. The van der Waals surface area contributed by atoms with E-state index in [-0.39, 0.29) is 12.5 Å². The third kappa shape index (κ3) is 3.45. The first-order valence-corrected chi connectivity index (χ1v) is 7.04. The Morgan fingerprint density at radius 3 is 2.06 bits per heavy atom. The monoisotopic (exact) mass is 251 g/mol. The molecule has 0 rings (SSSR count). The predicted octanol–water partition coefficient (Wildman–Crippen LogP) is -0.0573. The minimum atomic E-state index is -3.47. The standard InChI is InChI=1S/C10H21NO4S/c1-7(2)8(6-12)11-9(13)10(3,4)16(5,14)15/h7-8,12H,6H2,1-5H3,(H,11,13). The van der Waals surface area contributed by atoms with E-state index in [4.69, 9.17) is 5.11 Å². The van der Waals surface area contributed by atoms with Crippen molar-refractivity contribution in [2.45, 2.75) is 38.5 Å². The molecule has 6 heteroatoms. The highest BCUT2D eigenvalue weighted by molar-refractivity contribution is 7.92. The molecule has 0 heterocycles. The second-order valence-electron chi connectivity index (χ2n) is 4.79. The maximum absolute atomic E-state index is 11.8. The largest absolute Gasteiger partial charge is 0.394 e. The van der Waals surface area contributed by atoms with Crippen LogP contribution in [0.5, 0.6) is 0 Å². The Balaban J connectivity index is 4.84. The zero-order valence-corrected chi connectivity index (χ0v) is 11.3. The van der Waals surface area contributed by atoms with E-state index in [0.29, 0.717) is 0 Å². The first-order chi connectivity index (χ1) is 7.04. The number of hydrogen-bond acceptors (Lipinski definition) is 4. The van der Waals surface area contributed by atoms with E-state index in [0.717, 1.165) is 6.26 Å². The number of carbonyl (C=O) groups excluding carboxylic acids is 1. The summed E-state index contributed by atoms with van der Waals surface area (Å²) in [4.78, 5) is 11.8. The summed E-state index contributed by atoms with van der Waals surface area (Å²) in [7, 11) is -3.47. The van der Waals surface area contributed by atoms with E-state index in [9.17, 15) is 13.2 Å². The Labute approximate surface area is 97.2 Å². The van der Waals surface area contributed by atoms with Gasteiger partial charge in [0.2, 0.25) is 5.91 Å². The zero-order chi connectivity index (χ0) is 13.1. The quantitative estimate of drug-likeness (QED) is 0.717. The average Bonchev–Trinajstić information content (AvgIpc) is 2.11. The van der Waals surface area contributed by atoms with Crippen LogP contribution in [0.15, 0.2) is 0 Å².